The van der Waals surface area contributed by atoms with E-state index in [1.165, 1.54) is 0 Å². The molecule has 104 valence electrons. The third-order valence-corrected chi connectivity index (χ3v) is 3.78. The second-order valence-electron chi connectivity index (χ2n) is 3.89. The summed E-state index contributed by atoms with van der Waals surface area (Å²) in [6.45, 7) is 0. The highest BCUT2D eigenvalue weighted by atomic mass is 79.9. The SMILES string of the molecule is O=C(O)CCCCC(=O)Nc1c(Br)cc(Cl)cc1Br. The van der Waals surface area contributed by atoms with E-state index in [9.17, 15) is 9.59 Å². The number of rotatable bonds is 6. The van der Waals surface area contributed by atoms with Crippen LogP contribution in [-0.2, 0) is 9.59 Å². The molecule has 1 rings (SSSR count). The van der Waals surface area contributed by atoms with Crippen molar-refractivity contribution in [3.63, 3.8) is 0 Å². The van der Waals surface area contributed by atoms with Crippen LogP contribution in [0.1, 0.15) is 25.7 Å². The average Bonchev–Trinajstić information content (AvgIpc) is 2.29. The van der Waals surface area contributed by atoms with Gasteiger partial charge in [0.05, 0.1) is 5.69 Å². The van der Waals surface area contributed by atoms with E-state index < -0.39 is 5.97 Å². The monoisotopic (exact) mass is 411 g/mol. The van der Waals surface area contributed by atoms with Gasteiger partial charge in [-0.05, 0) is 56.8 Å². The summed E-state index contributed by atoms with van der Waals surface area (Å²) in [6, 6.07) is 3.37. The number of carbonyl (C=O) groups is 2. The minimum Gasteiger partial charge on any atom is -0.481 e. The molecule has 1 amide bonds. The van der Waals surface area contributed by atoms with Crippen molar-refractivity contribution in [1.82, 2.24) is 0 Å². The molecule has 0 fully saturated rings. The number of carboxylic acids is 1. The van der Waals surface area contributed by atoms with Crippen LogP contribution in [0.5, 0.6) is 0 Å². The van der Waals surface area contributed by atoms with Gasteiger partial charge < -0.3 is 10.4 Å². The zero-order valence-corrected chi connectivity index (χ0v) is 13.8. The summed E-state index contributed by atoms with van der Waals surface area (Å²) in [5, 5.41) is 11.8. The third kappa shape index (κ3) is 5.93. The van der Waals surface area contributed by atoms with Crippen LogP contribution in [0.3, 0.4) is 0 Å². The number of unbranched alkanes of at least 4 members (excludes halogenated alkanes) is 1. The van der Waals surface area contributed by atoms with E-state index in [2.05, 4.69) is 37.2 Å². The van der Waals surface area contributed by atoms with Crippen LogP contribution in [0.4, 0.5) is 5.69 Å². The molecule has 0 aliphatic carbocycles. The zero-order chi connectivity index (χ0) is 14.4. The van der Waals surface area contributed by atoms with Gasteiger partial charge in [0.15, 0.2) is 0 Å². The Morgan fingerprint density at radius 1 is 1.16 bits per heavy atom. The van der Waals surface area contributed by atoms with Crippen molar-refractivity contribution in [3.05, 3.63) is 26.1 Å². The van der Waals surface area contributed by atoms with Gasteiger partial charge in [0.2, 0.25) is 5.91 Å². The lowest BCUT2D eigenvalue weighted by Crippen LogP contribution is -2.12. The first-order valence-electron chi connectivity index (χ1n) is 5.56. The smallest absolute Gasteiger partial charge is 0.303 e. The molecule has 1 aromatic carbocycles. The Bertz CT molecular complexity index is 471. The van der Waals surface area contributed by atoms with Crippen molar-refractivity contribution in [2.24, 2.45) is 0 Å². The molecule has 0 bridgehead atoms. The molecule has 19 heavy (non-hydrogen) atoms. The molecule has 4 nitrogen and oxygen atoms in total. The maximum Gasteiger partial charge on any atom is 0.303 e. The van der Waals surface area contributed by atoms with Crippen LogP contribution < -0.4 is 5.32 Å². The van der Waals surface area contributed by atoms with Gasteiger partial charge in [-0.15, -0.1) is 0 Å². The Balaban J connectivity index is 2.51. The Hall–Kier alpha value is -0.590. The summed E-state index contributed by atoms with van der Waals surface area (Å²) in [6.07, 6.45) is 1.41. The number of benzene rings is 1. The second-order valence-corrected chi connectivity index (χ2v) is 6.04. The summed E-state index contributed by atoms with van der Waals surface area (Å²) >= 11 is 12.5. The minimum atomic E-state index is -0.844. The molecule has 0 saturated carbocycles. The predicted octanol–water partition coefficient (Wildman–Crippen LogP) is 4.45. The number of anilines is 1. The van der Waals surface area contributed by atoms with Crippen molar-refractivity contribution in [3.8, 4) is 0 Å². The molecule has 0 heterocycles. The Morgan fingerprint density at radius 2 is 1.68 bits per heavy atom. The van der Waals surface area contributed by atoms with E-state index in [4.69, 9.17) is 16.7 Å². The normalized spacial score (nSPS) is 10.3. The van der Waals surface area contributed by atoms with Crippen molar-refractivity contribution >= 4 is 61.0 Å². The van der Waals surface area contributed by atoms with Gasteiger partial charge in [-0.25, -0.2) is 0 Å². The molecule has 7 heteroatoms. The lowest BCUT2D eigenvalue weighted by molar-refractivity contribution is -0.137. The molecule has 0 unspecified atom stereocenters. The molecular weight excluding hydrogens is 401 g/mol. The molecule has 2 N–H and O–H groups in total. The van der Waals surface area contributed by atoms with Gasteiger partial charge in [-0.3, -0.25) is 9.59 Å². The fourth-order valence-corrected chi connectivity index (χ4v) is 3.29. The number of carboxylic acid groups (broad SMARTS) is 1. The Labute approximate surface area is 132 Å². The number of carbonyl (C=O) groups excluding carboxylic acids is 1. The third-order valence-electron chi connectivity index (χ3n) is 2.32. The zero-order valence-electron chi connectivity index (χ0n) is 9.88. The summed E-state index contributed by atoms with van der Waals surface area (Å²) in [5.41, 5.74) is 0.618. The topological polar surface area (TPSA) is 66.4 Å². The molecule has 0 aromatic heterocycles. The van der Waals surface area contributed by atoms with Gasteiger partial charge in [-0.2, -0.15) is 0 Å². The molecule has 0 spiro atoms. The van der Waals surface area contributed by atoms with Gasteiger partial charge in [0.25, 0.3) is 0 Å². The molecule has 1 aromatic rings. The molecule has 0 atom stereocenters. The van der Waals surface area contributed by atoms with Gasteiger partial charge in [0, 0.05) is 26.8 Å². The number of nitrogens with one attached hydrogen (secondary N) is 1. The molecule has 0 aliphatic rings. The van der Waals surface area contributed by atoms with Crippen LogP contribution in [0.15, 0.2) is 21.1 Å². The number of aliphatic carboxylic acids is 1. The van der Waals surface area contributed by atoms with Crippen molar-refractivity contribution in [2.75, 3.05) is 5.32 Å². The molecular formula is C12H12Br2ClNO3. The van der Waals surface area contributed by atoms with Gasteiger partial charge in [0.1, 0.15) is 0 Å². The number of halogens is 3. The van der Waals surface area contributed by atoms with E-state index in [0.29, 0.717) is 32.5 Å². The lowest BCUT2D eigenvalue weighted by atomic mass is 10.2. The summed E-state index contributed by atoms with van der Waals surface area (Å²) in [4.78, 5) is 22.0. The van der Waals surface area contributed by atoms with E-state index in [1.54, 1.807) is 12.1 Å². The van der Waals surface area contributed by atoms with E-state index in [0.717, 1.165) is 0 Å². The highest BCUT2D eigenvalue weighted by Crippen LogP contribution is 2.34. The first kappa shape index (κ1) is 16.5. The summed E-state index contributed by atoms with van der Waals surface area (Å²) < 4.78 is 1.37. The first-order valence-corrected chi connectivity index (χ1v) is 7.52. The van der Waals surface area contributed by atoms with Crippen LogP contribution in [0.25, 0.3) is 0 Å². The maximum atomic E-state index is 11.7. The van der Waals surface area contributed by atoms with Crippen molar-refractivity contribution in [1.29, 1.82) is 0 Å². The van der Waals surface area contributed by atoms with Crippen molar-refractivity contribution in [2.45, 2.75) is 25.7 Å². The fraction of sp³-hybridized carbons (Fsp3) is 0.333. The predicted molar refractivity (Wildman–Crippen MR) is 81.6 cm³/mol. The van der Waals surface area contributed by atoms with E-state index in [-0.39, 0.29) is 18.7 Å². The highest BCUT2D eigenvalue weighted by Gasteiger charge is 2.10. The standard InChI is InChI=1S/C12H12Br2ClNO3/c13-8-5-7(15)6-9(14)12(8)16-10(17)3-1-2-4-11(18)19/h5-6H,1-4H2,(H,16,17)(H,18,19). The summed E-state index contributed by atoms with van der Waals surface area (Å²) in [5.74, 6) is -1.00. The van der Waals surface area contributed by atoms with Crippen molar-refractivity contribution < 1.29 is 14.7 Å². The molecule has 0 saturated heterocycles. The largest absolute Gasteiger partial charge is 0.481 e. The Kier molecular flexibility index (Phi) is 6.82. The fourth-order valence-electron chi connectivity index (χ4n) is 1.43. The molecule has 0 radical (unpaired) electrons. The van der Waals surface area contributed by atoms with E-state index >= 15 is 0 Å². The Morgan fingerprint density at radius 3 is 2.21 bits per heavy atom. The van der Waals surface area contributed by atoms with Gasteiger partial charge in [-0.1, -0.05) is 11.6 Å². The average molecular weight is 413 g/mol. The number of hydrogen-bond acceptors (Lipinski definition) is 2. The van der Waals surface area contributed by atoms with Gasteiger partial charge >= 0.3 is 5.97 Å². The maximum absolute atomic E-state index is 11.7. The summed E-state index contributed by atoms with van der Waals surface area (Å²) in [7, 11) is 0. The highest BCUT2D eigenvalue weighted by molar-refractivity contribution is 9.11. The van der Waals surface area contributed by atoms with E-state index in [1.807, 2.05) is 0 Å². The number of hydrogen-bond donors (Lipinski definition) is 2. The molecule has 0 aliphatic heterocycles. The van der Waals surface area contributed by atoms with Crippen LogP contribution in [0, 0.1) is 0 Å². The number of amides is 1. The second kappa shape index (κ2) is 7.87. The van der Waals surface area contributed by atoms with Crippen LogP contribution in [-0.4, -0.2) is 17.0 Å². The van der Waals surface area contributed by atoms with Crippen LogP contribution >= 0.6 is 43.5 Å². The quantitative estimate of drug-likeness (QED) is 0.677. The van der Waals surface area contributed by atoms with Crippen LogP contribution in [0.2, 0.25) is 5.02 Å². The minimum absolute atomic E-state index is 0.0849. The first-order chi connectivity index (χ1) is 8.90. The lowest BCUT2D eigenvalue weighted by Gasteiger charge is -2.10.